The van der Waals surface area contributed by atoms with Crippen LogP contribution in [0, 0.1) is 17.8 Å². The zero-order chi connectivity index (χ0) is 16.2. The molecule has 3 rings (SSSR count). The van der Waals surface area contributed by atoms with Crippen LogP contribution < -0.4 is 10.2 Å². The molecule has 1 aromatic rings. The number of hydrogen-bond acceptors (Lipinski definition) is 4. The fraction of sp³-hybridized carbons (Fsp3) is 0.722. The largest absolute Gasteiger partial charge is 0.355 e. The second kappa shape index (κ2) is 7.28. The van der Waals surface area contributed by atoms with E-state index in [0.717, 1.165) is 38.2 Å². The lowest BCUT2D eigenvalue weighted by molar-refractivity contribution is -0.126. The van der Waals surface area contributed by atoms with Crippen LogP contribution in [0.25, 0.3) is 0 Å². The number of rotatable bonds is 3. The summed E-state index contributed by atoms with van der Waals surface area (Å²) in [5.41, 5.74) is 0. The van der Waals surface area contributed by atoms with Gasteiger partial charge in [0.1, 0.15) is 5.82 Å². The molecule has 1 saturated heterocycles. The van der Waals surface area contributed by atoms with E-state index in [-0.39, 0.29) is 11.8 Å². The van der Waals surface area contributed by atoms with E-state index in [1.807, 2.05) is 0 Å². The molecule has 2 fully saturated rings. The van der Waals surface area contributed by atoms with Gasteiger partial charge in [-0.15, -0.1) is 0 Å². The number of carbonyl (C=O) groups is 1. The molecule has 1 aromatic heterocycles. The van der Waals surface area contributed by atoms with Gasteiger partial charge in [0.05, 0.1) is 12.1 Å². The Morgan fingerprint density at radius 2 is 2.09 bits per heavy atom. The van der Waals surface area contributed by atoms with Crippen LogP contribution in [0.3, 0.4) is 0 Å². The number of hydrogen-bond donors (Lipinski definition) is 1. The summed E-state index contributed by atoms with van der Waals surface area (Å²) in [7, 11) is 0. The molecule has 0 aromatic carbocycles. The third-order valence-corrected chi connectivity index (χ3v) is 5.70. The highest BCUT2D eigenvalue weighted by atomic mass is 16.2. The molecule has 0 bridgehead atoms. The zero-order valence-corrected chi connectivity index (χ0v) is 14.2. The van der Waals surface area contributed by atoms with Gasteiger partial charge in [-0.25, -0.2) is 4.98 Å². The van der Waals surface area contributed by atoms with Gasteiger partial charge in [-0.05, 0) is 31.1 Å². The van der Waals surface area contributed by atoms with Gasteiger partial charge in [-0.1, -0.05) is 26.7 Å². The van der Waals surface area contributed by atoms with Gasteiger partial charge in [-0.3, -0.25) is 9.78 Å². The molecule has 2 heterocycles. The predicted molar refractivity (Wildman–Crippen MR) is 91.1 cm³/mol. The number of piperidine rings is 1. The Labute approximate surface area is 138 Å². The van der Waals surface area contributed by atoms with E-state index in [4.69, 9.17) is 0 Å². The minimum absolute atomic E-state index is 0.0650. The van der Waals surface area contributed by atoms with Gasteiger partial charge in [0.15, 0.2) is 0 Å². The quantitative estimate of drug-likeness (QED) is 0.931. The van der Waals surface area contributed by atoms with E-state index in [0.29, 0.717) is 17.9 Å². The van der Waals surface area contributed by atoms with E-state index < -0.39 is 0 Å². The number of anilines is 1. The highest BCUT2D eigenvalue weighted by Gasteiger charge is 2.32. The Balaban J connectivity index is 1.59. The molecule has 23 heavy (non-hydrogen) atoms. The van der Waals surface area contributed by atoms with Gasteiger partial charge < -0.3 is 10.2 Å². The molecule has 1 N–H and O–H groups in total. The van der Waals surface area contributed by atoms with E-state index in [1.54, 1.807) is 18.6 Å². The fourth-order valence-electron chi connectivity index (χ4n) is 3.94. The van der Waals surface area contributed by atoms with Crippen molar-refractivity contribution in [3.8, 4) is 0 Å². The van der Waals surface area contributed by atoms with Crippen LogP contribution >= 0.6 is 0 Å². The number of nitrogens with one attached hydrogen (secondary N) is 1. The monoisotopic (exact) mass is 316 g/mol. The maximum atomic E-state index is 12.7. The molecule has 5 heteroatoms. The van der Waals surface area contributed by atoms with Crippen molar-refractivity contribution in [3.63, 3.8) is 0 Å². The number of aromatic nitrogens is 2. The first-order chi connectivity index (χ1) is 11.1. The summed E-state index contributed by atoms with van der Waals surface area (Å²) in [5, 5.41) is 3.34. The molecule has 126 valence electrons. The lowest BCUT2D eigenvalue weighted by Gasteiger charge is -2.37. The van der Waals surface area contributed by atoms with Crippen molar-refractivity contribution in [2.24, 2.45) is 17.8 Å². The molecule has 4 atom stereocenters. The average molecular weight is 316 g/mol. The van der Waals surface area contributed by atoms with Crippen LogP contribution in [0.5, 0.6) is 0 Å². The SMILES string of the molecule is C[C@H]1[C@H](C)CCC[C@@H]1NC(=O)[C@@H]1CCCN(c2cnccn2)C1. The Morgan fingerprint density at radius 1 is 1.22 bits per heavy atom. The maximum Gasteiger partial charge on any atom is 0.225 e. The molecular weight excluding hydrogens is 288 g/mol. The van der Waals surface area contributed by atoms with Crippen molar-refractivity contribution in [3.05, 3.63) is 18.6 Å². The summed E-state index contributed by atoms with van der Waals surface area (Å²) in [4.78, 5) is 23.4. The highest BCUT2D eigenvalue weighted by Crippen LogP contribution is 2.30. The van der Waals surface area contributed by atoms with Crippen molar-refractivity contribution in [2.45, 2.75) is 52.0 Å². The molecule has 1 aliphatic carbocycles. The van der Waals surface area contributed by atoms with Gasteiger partial charge in [0.25, 0.3) is 0 Å². The van der Waals surface area contributed by atoms with Gasteiger partial charge in [-0.2, -0.15) is 0 Å². The van der Waals surface area contributed by atoms with Crippen molar-refractivity contribution in [1.29, 1.82) is 0 Å². The van der Waals surface area contributed by atoms with Crippen LogP contribution in [0.15, 0.2) is 18.6 Å². The van der Waals surface area contributed by atoms with Gasteiger partial charge in [0, 0.05) is 31.5 Å². The first-order valence-electron chi connectivity index (χ1n) is 8.96. The minimum Gasteiger partial charge on any atom is -0.355 e. The van der Waals surface area contributed by atoms with Crippen LogP contribution in [-0.2, 0) is 4.79 Å². The third-order valence-electron chi connectivity index (χ3n) is 5.70. The summed E-state index contributed by atoms with van der Waals surface area (Å²) in [5.74, 6) is 2.45. The Kier molecular flexibility index (Phi) is 5.13. The van der Waals surface area contributed by atoms with Gasteiger partial charge in [0.2, 0.25) is 5.91 Å². The fourth-order valence-corrected chi connectivity index (χ4v) is 3.94. The van der Waals surface area contributed by atoms with Crippen molar-refractivity contribution < 1.29 is 4.79 Å². The van der Waals surface area contributed by atoms with Crippen molar-refractivity contribution in [1.82, 2.24) is 15.3 Å². The van der Waals surface area contributed by atoms with Crippen LogP contribution in [-0.4, -0.2) is 35.0 Å². The topological polar surface area (TPSA) is 58.1 Å². The summed E-state index contributed by atoms with van der Waals surface area (Å²) in [6, 6.07) is 0.346. The summed E-state index contributed by atoms with van der Waals surface area (Å²) in [6.07, 6.45) is 10.8. The third kappa shape index (κ3) is 3.82. The second-order valence-corrected chi connectivity index (χ2v) is 7.23. The molecule has 1 amide bonds. The molecular formula is C18H28N4O. The van der Waals surface area contributed by atoms with E-state index in [9.17, 15) is 4.79 Å². The Hall–Kier alpha value is -1.65. The summed E-state index contributed by atoms with van der Waals surface area (Å²) >= 11 is 0. The lowest BCUT2D eigenvalue weighted by Crippen LogP contribution is -2.49. The molecule has 1 saturated carbocycles. The molecule has 0 radical (unpaired) electrons. The molecule has 2 aliphatic rings. The van der Waals surface area contributed by atoms with Crippen molar-refractivity contribution in [2.75, 3.05) is 18.0 Å². The summed E-state index contributed by atoms with van der Waals surface area (Å²) < 4.78 is 0. The highest BCUT2D eigenvalue weighted by molar-refractivity contribution is 5.79. The molecule has 5 nitrogen and oxygen atoms in total. The molecule has 1 aliphatic heterocycles. The maximum absolute atomic E-state index is 12.7. The smallest absolute Gasteiger partial charge is 0.225 e. The molecule has 0 spiro atoms. The Bertz CT molecular complexity index is 521. The Morgan fingerprint density at radius 3 is 2.87 bits per heavy atom. The van der Waals surface area contributed by atoms with Crippen LogP contribution in [0.1, 0.15) is 46.0 Å². The first-order valence-corrected chi connectivity index (χ1v) is 8.96. The van der Waals surface area contributed by atoms with Crippen LogP contribution in [0.2, 0.25) is 0 Å². The minimum atomic E-state index is 0.0650. The zero-order valence-electron chi connectivity index (χ0n) is 14.2. The van der Waals surface area contributed by atoms with E-state index in [1.165, 1.54) is 12.8 Å². The van der Waals surface area contributed by atoms with Crippen LogP contribution in [0.4, 0.5) is 5.82 Å². The normalized spacial score (nSPS) is 31.7. The average Bonchev–Trinajstić information content (AvgIpc) is 2.60. The van der Waals surface area contributed by atoms with E-state index in [2.05, 4.69) is 34.0 Å². The number of nitrogens with zero attached hydrogens (tertiary/aromatic N) is 3. The lowest BCUT2D eigenvalue weighted by atomic mass is 9.78. The predicted octanol–water partition coefficient (Wildman–Crippen LogP) is 2.63. The second-order valence-electron chi connectivity index (χ2n) is 7.23. The van der Waals surface area contributed by atoms with Gasteiger partial charge >= 0.3 is 0 Å². The molecule has 0 unspecified atom stereocenters. The summed E-state index contributed by atoms with van der Waals surface area (Å²) in [6.45, 7) is 6.29. The van der Waals surface area contributed by atoms with Crippen molar-refractivity contribution >= 4 is 11.7 Å². The number of carbonyl (C=O) groups excluding carboxylic acids is 1. The van der Waals surface area contributed by atoms with E-state index >= 15 is 0 Å². The standard InChI is InChI=1S/C18H28N4O/c1-13-5-3-7-16(14(13)2)21-18(23)15-6-4-10-22(12-15)17-11-19-8-9-20-17/h8-9,11,13-16H,3-7,10,12H2,1-2H3,(H,21,23)/t13-,14+,15-,16+/m1/s1. The first kappa shape index (κ1) is 16.2. The number of amides is 1.